The van der Waals surface area contributed by atoms with E-state index >= 15 is 0 Å². The maximum atomic E-state index is 13.7. The van der Waals surface area contributed by atoms with Crippen LogP contribution in [0.1, 0.15) is 70.8 Å². The maximum Gasteiger partial charge on any atom is 0.243 e. The highest BCUT2D eigenvalue weighted by atomic mass is 32.2. The van der Waals surface area contributed by atoms with Crippen LogP contribution in [0, 0.1) is 0 Å². The molecule has 0 saturated heterocycles. The number of para-hydroxylation sites is 2. The van der Waals surface area contributed by atoms with Gasteiger partial charge in [0.15, 0.2) is 0 Å². The Balaban J connectivity index is 1.78. The minimum Gasteiger partial charge on any atom is -0.497 e. The van der Waals surface area contributed by atoms with Crippen molar-refractivity contribution in [3.8, 4) is 11.5 Å². The number of carbonyl (C=O) groups excluding carboxylic acids is 2. The number of nitrogens with one attached hydrogen (secondary N) is 1. The fourth-order valence-corrected chi connectivity index (χ4v) is 6.28. The van der Waals surface area contributed by atoms with E-state index in [9.17, 15) is 18.0 Å². The first-order valence-electron chi connectivity index (χ1n) is 14.6. The minimum absolute atomic E-state index is 0.0895. The Morgan fingerprint density at radius 1 is 1.02 bits per heavy atom. The molecule has 0 bridgehead atoms. The van der Waals surface area contributed by atoms with Gasteiger partial charge < -0.3 is 19.7 Å². The number of ether oxygens (including phenoxy) is 2. The molecule has 2 amide bonds. The van der Waals surface area contributed by atoms with Gasteiger partial charge in [-0.05, 0) is 62.4 Å². The molecule has 1 aliphatic rings. The number of anilines is 1. The second kappa shape index (κ2) is 15.7. The smallest absolute Gasteiger partial charge is 0.243 e. The number of rotatable bonds is 15. The van der Waals surface area contributed by atoms with E-state index in [2.05, 4.69) is 5.32 Å². The predicted molar refractivity (Wildman–Crippen MR) is 162 cm³/mol. The number of nitrogens with zero attached hydrogens (tertiary/aromatic N) is 2. The average molecular weight is 588 g/mol. The molecule has 226 valence electrons. The Kier molecular flexibility index (Phi) is 12.3. The van der Waals surface area contributed by atoms with E-state index in [1.54, 1.807) is 36.3 Å². The summed E-state index contributed by atoms with van der Waals surface area (Å²) < 4.78 is 37.7. The van der Waals surface area contributed by atoms with Crippen molar-refractivity contribution in [2.24, 2.45) is 0 Å². The first-order valence-corrected chi connectivity index (χ1v) is 16.4. The molecule has 1 saturated carbocycles. The first kappa shape index (κ1) is 32.2. The highest BCUT2D eigenvalue weighted by molar-refractivity contribution is 7.92. The van der Waals surface area contributed by atoms with Gasteiger partial charge in [0.05, 0.1) is 25.7 Å². The molecule has 0 spiro atoms. The molecule has 2 aromatic rings. The lowest BCUT2D eigenvalue weighted by Gasteiger charge is -2.33. The lowest BCUT2D eigenvalue weighted by atomic mass is 9.95. The van der Waals surface area contributed by atoms with Crippen LogP contribution in [0.4, 0.5) is 5.69 Å². The topological polar surface area (TPSA) is 105 Å². The maximum absolute atomic E-state index is 13.7. The Hall–Kier alpha value is -3.27. The summed E-state index contributed by atoms with van der Waals surface area (Å²) in [4.78, 5) is 28.8. The minimum atomic E-state index is -3.63. The van der Waals surface area contributed by atoms with Crippen molar-refractivity contribution < 1.29 is 27.5 Å². The fraction of sp³-hybridized carbons (Fsp3) is 0.548. The molecule has 2 aromatic carbocycles. The molecule has 1 atom stereocenters. The van der Waals surface area contributed by atoms with Gasteiger partial charge in [-0.15, -0.1) is 0 Å². The molecule has 1 fully saturated rings. The van der Waals surface area contributed by atoms with Crippen LogP contribution in [-0.2, 0) is 26.2 Å². The summed E-state index contributed by atoms with van der Waals surface area (Å²) in [5.74, 6) is 0.850. The van der Waals surface area contributed by atoms with Gasteiger partial charge in [-0.3, -0.25) is 13.9 Å². The van der Waals surface area contributed by atoms with Crippen LogP contribution in [-0.4, -0.2) is 63.7 Å². The van der Waals surface area contributed by atoms with Crippen molar-refractivity contribution in [1.82, 2.24) is 10.2 Å². The number of hydrogen-bond donors (Lipinski definition) is 1. The van der Waals surface area contributed by atoms with E-state index in [0.717, 1.165) is 37.5 Å². The molecular formula is C31H45N3O6S. The van der Waals surface area contributed by atoms with Gasteiger partial charge in [-0.2, -0.15) is 0 Å². The van der Waals surface area contributed by atoms with Crippen LogP contribution in [0.3, 0.4) is 0 Å². The highest BCUT2D eigenvalue weighted by Gasteiger charge is 2.30. The van der Waals surface area contributed by atoms with Crippen molar-refractivity contribution >= 4 is 27.5 Å². The van der Waals surface area contributed by atoms with Crippen LogP contribution >= 0.6 is 0 Å². The number of carbonyl (C=O) groups is 2. The second-order valence-electron chi connectivity index (χ2n) is 10.5. The number of hydrogen-bond acceptors (Lipinski definition) is 6. The largest absolute Gasteiger partial charge is 0.497 e. The predicted octanol–water partition coefficient (Wildman–Crippen LogP) is 4.90. The molecule has 9 nitrogen and oxygen atoms in total. The van der Waals surface area contributed by atoms with E-state index < -0.39 is 16.1 Å². The summed E-state index contributed by atoms with van der Waals surface area (Å²) >= 11 is 0. The van der Waals surface area contributed by atoms with Gasteiger partial charge in [0.25, 0.3) is 0 Å². The molecular weight excluding hydrogens is 542 g/mol. The van der Waals surface area contributed by atoms with Crippen LogP contribution in [0.25, 0.3) is 0 Å². The van der Waals surface area contributed by atoms with Gasteiger partial charge in [0.1, 0.15) is 17.5 Å². The van der Waals surface area contributed by atoms with E-state index in [0.29, 0.717) is 30.2 Å². The van der Waals surface area contributed by atoms with Gasteiger partial charge in [0, 0.05) is 25.6 Å². The SMILES string of the molecule is CCOc1ccccc1N(CCCC(=O)N(Cc1ccc(OC)cc1)[C@@H](CC)C(=O)NC1CCCCC1)S(C)(=O)=O. The van der Waals surface area contributed by atoms with Gasteiger partial charge in [0.2, 0.25) is 21.8 Å². The van der Waals surface area contributed by atoms with E-state index in [1.165, 1.54) is 10.7 Å². The summed E-state index contributed by atoms with van der Waals surface area (Å²) in [5.41, 5.74) is 1.32. The molecule has 0 aliphatic heterocycles. The quantitative estimate of drug-likeness (QED) is 0.318. The zero-order valence-electron chi connectivity index (χ0n) is 24.8. The highest BCUT2D eigenvalue weighted by Crippen LogP contribution is 2.30. The Morgan fingerprint density at radius 3 is 2.32 bits per heavy atom. The number of sulfonamides is 1. The van der Waals surface area contributed by atoms with Crippen LogP contribution in [0.15, 0.2) is 48.5 Å². The molecule has 1 aliphatic carbocycles. The van der Waals surface area contributed by atoms with Crippen molar-refractivity contribution in [3.63, 3.8) is 0 Å². The van der Waals surface area contributed by atoms with Gasteiger partial charge >= 0.3 is 0 Å². The molecule has 1 N–H and O–H groups in total. The van der Waals surface area contributed by atoms with Crippen molar-refractivity contribution in [2.45, 2.75) is 83.8 Å². The third-order valence-corrected chi connectivity index (χ3v) is 8.62. The summed E-state index contributed by atoms with van der Waals surface area (Å²) in [6.07, 6.45) is 7.29. The molecule has 10 heteroatoms. The van der Waals surface area contributed by atoms with E-state index in [1.807, 2.05) is 38.1 Å². The Labute approximate surface area is 245 Å². The number of amides is 2. The standard InChI is InChI=1S/C31H45N3O6S/c1-5-27(31(36)32-25-13-8-7-9-14-25)33(23-24-18-20-26(39-3)21-19-24)30(35)17-12-22-34(41(4,37)38)28-15-10-11-16-29(28)40-6-2/h10-11,15-16,18-21,25,27H,5-9,12-14,17,22-23H2,1-4H3,(H,32,36)/t27-/m0/s1. The molecule has 0 heterocycles. The van der Waals surface area contributed by atoms with E-state index in [-0.39, 0.29) is 43.8 Å². The zero-order valence-corrected chi connectivity index (χ0v) is 25.6. The van der Waals surface area contributed by atoms with Crippen molar-refractivity contribution in [1.29, 1.82) is 0 Å². The number of methoxy groups -OCH3 is 1. The van der Waals surface area contributed by atoms with Crippen molar-refractivity contribution in [2.75, 3.05) is 30.8 Å². The molecule has 0 aromatic heterocycles. The van der Waals surface area contributed by atoms with Crippen LogP contribution < -0.4 is 19.1 Å². The molecule has 41 heavy (non-hydrogen) atoms. The first-order chi connectivity index (χ1) is 19.7. The summed E-state index contributed by atoms with van der Waals surface area (Å²) in [5, 5.41) is 3.19. The Bertz CT molecular complexity index is 1230. The monoisotopic (exact) mass is 587 g/mol. The van der Waals surface area contributed by atoms with Crippen LogP contribution in [0.2, 0.25) is 0 Å². The molecule has 0 radical (unpaired) electrons. The van der Waals surface area contributed by atoms with Crippen molar-refractivity contribution in [3.05, 3.63) is 54.1 Å². The lowest BCUT2D eigenvalue weighted by Crippen LogP contribution is -2.51. The van der Waals surface area contributed by atoms with Crippen LogP contribution in [0.5, 0.6) is 11.5 Å². The fourth-order valence-electron chi connectivity index (χ4n) is 5.31. The van der Waals surface area contributed by atoms with Gasteiger partial charge in [-0.1, -0.05) is 50.5 Å². The normalized spacial score (nSPS) is 14.6. The Morgan fingerprint density at radius 2 is 1.71 bits per heavy atom. The zero-order chi connectivity index (χ0) is 29.8. The summed E-state index contributed by atoms with van der Waals surface area (Å²) in [7, 11) is -2.03. The summed E-state index contributed by atoms with van der Waals surface area (Å²) in [6.45, 7) is 4.52. The average Bonchev–Trinajstić information content (AvgIpc) is 2.96. The van der Waals surface area contributed by atoms with E-state index in [4.69, 9.17) is 9.47 Å². The number of benzene rings is 2. The third kappa shape index (κ3) is 9.38. The molecule has 0 unspecified atom stereocenters. The third-order valence-electron chi connectivity index (χ3n) is 7.44. The lowest BCUT2D eigenvalue weighted by molar-refractivity contribution is -0.141. The van der Waals surface area contributed by atoms with Gasteiger partial charge in [-0.25, -0.2) is 8.42 Å². The summed E-state index contributed by atoms with van der Waals surface area (Å²) in [6, 6.07) is 13.9. The molecule has 3 rings (SSSR count). The second-order valence-corrected chi connectivity index (χ2v) is 12.4.